The van der Waals surface area contributed by atoms with Crippen molar-refractivity contribution in [1.29, 1.82) is 0 Å². The van der Waals surface area contributed by atoms with Crippen LogP contribution >= 0.6 is 12.2 Å². The van der Waals surface area contributed by atoms with E-state index in [0.717, 1.165) is 40.3 Å². The SMILES string of the molecule is Oc1ccc2[nH]c3c(c2c1)CC(CC1CCN(Cc2ccccc2)CC1)C3=S. The van der Waals surface area contributed by atoms with Gasteiger partial charge in [-0.05, 0) is 74.0 Å². The second-order valence-electron chi connectivity index (χ2n) is 8.41. The highest BCUT2D eigenvalue weighted by Crippen LogP contribution is 2.39. The smallest absolute Gasteiger partial charge is 0.116 e. The Hall–Kier alpha value is -2.17. The number of phenolic OH excluding ortho intramolecular Hbond substituents is 1. The molecule has 1 atom stereocenters. The van der Waals surface area contributed by atoms with Crippen molar-refractivity contribution in [2.75, 3.05) is 13.1 Å². The van der Waals surface area contributed by atoms with Crippen LogP contribution in [0.15, 0.2) is 48.5 Å². The van der Waals surface area contributed by atoms with E-state index in [9.17, 15) is 5.11 Å². The third-order valence-electron chi connectivity index (χ3n) is 6.53. The first-order valence-electron chi connectivity index (χ1n) is 10.3. The number of phenols is 1. The maximum atomic E-state index is 9.85. The van der Waals surface area contributed by atoms with Crippen molar-refractivity contribution >= 4 is 28.0 Å². The molecule has 2 heterocycles. The van der Waals surface area contributed by atoms with Gasteiger partial charge in [0.25, 0.3) is 0 Å². The van der Waals surface area contributed by atoms with E-state index in [1.165, 1.54) is 43.5 Å². The Morgan fingerprint density at radius 2 is 1.86 bits per heavy atom. The lowest BCUT2D eigenvalue weighted by Crippen LogP contribution is -2.34. The summed E-state index contributed by atoms with van der Waals surface area (Å²) in [5.74, 6) is 1.56. The van der Waals surface area contributed by atoms with Crippen molar-refractivity contribution in [1.82, 2.24) is 9.88 Å². The fourth-order valence-corrected chi connectivity index (χ4v) is 5.37. The van der Waals surface area contributed by atoms with Crippen LogP contribution in [0.1, 0.15) is 36.1 Å². The minimum atomic E-state index is 0.328. The highest BCUT2D eigenvalue weighted by atomic mass is 32.1. The number of hydrogen-bond acceptors (Lipinski definition) is 3. The van der Waals surface area contributed by atoms with Crippen molar-refractivity contribution in [3.8, 4) is 5.75 Å². The van der Waals surface area contributed by atoms with Crippen molar-refractivity contribution in [3.05, 3.63) is 65.4 Å². The highest BCUT2D eigenvalue weighted by molar-refractivity contribution is 7.80. The Balaban J connectivity index is 1.21. The number of aromatic amines is 1. The molecule has 1 aliphatic carbocycles. The Morgan fingerprint density at radius 1 is 1.07 bits per heavy atom. The van der Waals surface area contributed by atoms with E-state index in [-0.39, 0.29) is 0 Å². The summed E-state index contributed by atoms with van der Waals surface area (Å²) in [5.41, 5.74) is 4.94. The van der Waals surface area contributed by atoms with Crippen LogP contribution in [0.3, 0.4) is 0 Å². The van der Waals surface area contributed by atoms with E-state index in [4.69, 9.17) is 12.2 Å². The number of fused-ring (bicyclic) bond motifs is 3. The zero-order valence-electron chi connectivity index (χ0n) is 16.0. The van der Waals surface area contributed by atoms with E-state index in [0.29, 0.717) is 11.7 Å². The van der Waals surface area contributed by atoms with E-state index in [1.54, 1.807) is 6.07 Å². The molecule has 144 valence electrons. The van der Waals surface area contributed by atoms with Crippen molar-refractivity contribution in [3.63, 3.8) is 0 Å². The molecule has 0 radical (unpaired) electrons. The second-order valence-corrected chi connectivity index (χ2v) is 8.85. The summed E-state index contributed by atoms with van der Waals surface area (Å²) in [7, 11) is 0. The number of likely N-dealkylation sites (tertiary alicyclic amines) is 1. The molecule has 4 heteroatoms. The molecule has 1 aliphatic heterocycles. The van der Waals surface area contributed by atoms with Crippen LogP contribution in [0.25, 0.3) is 10.9 Å². The van der Waals surface area contributed by atoms with Crippen LogP contribution in [0.2, 0.25) is 0 Å². The Kier molecular flexibility index (Phi) is 4.69. The van der Waals surface area contributed by atoms with Gasteiger partial charge >= 0.3 is 0 Å². The zero-order valence-corrected chi connectivity index (χ0v) is 16.8. The average Bonchev–Trinajstić information content (AvgIpc) is 3.21. The molecule has 3 nitrogen and oxygen atoms in total. The van der Waals surface area contributed by atoms with Crippen LogP contribution in [-0.4, -0.2) is 32.9 Å². The van der Waals surface area contributed by atoms with E-state index >= 15 is 0 Å². The minimum Gasteiger partial charge on any atom is -0.508 e. The molecule has 0 bridgehead atoms. The molecule has 28 heavy (non-hydrogen) atoms. The number of H-pyrrole nitrogens is 1. The summed E-state index contributed by atoms with van der Waals surface area (Å²) in [4.78, 5) is 7.17. The molecule has 1 aromatic heterocycles. The van der Waals surface area contributed by atoms with Gasteiger partial charge in [-0.15, -0.1) is 0 Å². The summed E-state index contributed by atoms with van der Waals surface area (Å²) >= 11 is 5.84. The first kappa shape index (κ1) is 17.9. The van der Waals surface area contributed by atoms with Crippen molar-refractivity contribution in [2.24, 2.45) is 11.8 Å². The number of nitrogens with zero attached hydrogens (tertiary/aromatic N) is 1. The van der Waals surface area contributed by atoms with Crippen LogP contribution < -0.4 is 0 Å². The quantitative estimate of drug-likeness (QED) is 0.611. The van der Waals surface area contributed by atoms with Crippen LogP contribution in [0.4, 0.5) is 0 Å². The van der Waals surface area contributed by atoms with E-state index in [1.807, 2.05) is 12.1 Å². The number of aromatic nitrogens is 1. The Morgan fingerprint density at radius 3 is 2.64 bits per heavy atom. The first-order valence-corrected chi connectivity index (χ1v) is 10.7. The fraction of sp³-hybridized carbons (Fsp3) is 0.375. The minimum absolute atomic E-state index is 0.328. The molecule has 1 unspecified atom stereocenters. The molecule has 5 rings (SSSR count). The van der Waals surface area contributed by atoms with Gasteiger partial charge in [-0.2, -0.15) is 0 Å². The molecular weight excluding hydrogens is 364 g/mol. The van der Waals surface area contributed by atoms with E-state index in [2.05, 4.69) is 40.2 Å². The number of rotatable bonds is 4. The highest BCUT2D eigenvalue weighted by Gasteiger charge is 2.33. The standard InChI is InChI=1S/C24H26N2OS/c27-19-6-7-22-20(14-19)21-13-18(24(28)23(21)25-22)12-16-8-10-26(11-9-16)15-17-4-2-1-3-5-17/h1-7,14,16,18,25,27H,8-13,15H2. The lowest BCUT2D eigenvalue weighted by molar-refractivity contribution is 0.167. The molecule has 0 amide bonds. The molecular formula is C24H26N2OS. The average molecular weight is 391 g/mol. The number of nitrogens with one attached hydrogen (secondary N) is 1. The summed E-state index contributed by atoms with van der Waals surface area (Å²) in [6.07, 6.45) is 4.74. The monoisotopic (exact) mass is 390 g/mol. The van der Waals surface area contributed by atoms with Crippen LogP contribution in [-0.2, 0) is 13.0 Å². The number of piperidine rings is 1. The molecule has 3 aromatic rings. The van der Waals surface area contributed by atoms with Gasteiger partial charge in [0, 0.05) is 28.2 Å². The van der Waals surface area contributed by atoms with Gasteiger partial charge in [0.15, 0.2) is 0 Å². The molecule has 2 aliphatic rings. The lowest BCUT2D eigenvalue weighted by atomic mass is 9.85. The van der Waals surface area contributed by atoms with Gasteiger partial charge in [-0.1, -0.05) is 42.5 Å². The van der Waals surface area contributed by atoms with Gasteiger partial charge in [-0.3, -0.25) is 4.90 Å². The predicted molar refractivity (Wildman–Crippen MR) is 118 cm³/mol. The Bertz CT molecular complexity index is 1000. The molecule has 0 spiro atoms. The largest absolute Gasteiger partial charge is 0.508 e. The normalized spacial score (nSPS) is 20.7. The molecule has 2 N–H and O–H groups in total. The zero-order chi connectivity index (χ0) is 19.1. The van der Waals surface area contributed by atoms with Gasteiger partial charge in [0.05, 0.1) is 5.69 Å². The second kappa shape index (κ2) is 7.34. The summed E-state index contributed by atoms with van der Waals surface area (Å²) in [6.45, 7) is 3.43. The third-order valence-corrected chi connectivity index (χ3v) is 7.07. The summed E-state index contributed by atoms with van der Waals surface area (Å²) in [6, 6.07) is 16.3. The van der Waals surface area contributed by atoms with Gasteiger partial charge in [0.1, 0.15) is 5.75 Å². The first-order chi connectivity index (χ1) is 13.7. The molecule has 1 fully saturated rings. The predicted octanol–water partition coefficient (Wildman–Crippen LogP) is 5.07. The molecule has 2 aromatic carbocycles. The third kappa shape index (κ3) is 3.36. The van der Waals surface area contributed by atoms with Gasteiger partial charge in [0.2, 0.25) is 0 Å². The number of thiocarbonyl (C=S) groups is 1. The summed E-state index contributed by atoms with van der Waals surface area (Å²) in [5, 5.41) is 11.0. The number of benzene rings is 2. The summed E-state index contributed by atoms with van der Waals surface area (Å²) < 4.78 is 0. The topological polar surface area (TPSA) is 39.3 Å². The molecule has 1 saturated heterocycles. The van der Waals surface area contributed by atoms with Crippen molar-refractivity contribution in [2.45, 2.75) is 32.2 Å². The number of aromatic hydroxyl groups is 1. The van der Waals surface area contributed by atoms with Crippen molar-refractivity contribution < 1.29 is 5.11 Å². The Labute approximate surface area is 171 Å². The van der Waals surface area contributed by atoms with Gasteiger partial charge < -0.3 is 10.1 Å². The van der Waals surface area contributed by atoms with E-state index < -0.39 is 0 Å². The molecule has 0 saturated carbocycles. The number of hydrogen-bond donors (Lipinski definition) is 2. The fourth-order valence-electron chi connectivity index (χ4n) is 5.02. The van der Waals surface area contributed by atoms with Gasteiger partial charge in [-0.25, -0.2) is 0 Å². The maximum Gasteiger partial charge on any atom is 0.116 e. The van der Waals surface area contributed by atoms with Crippen LogP contribution in [0, 0.1) is 11.8 Å². The maximum absolute atomic E-state index is 9.85. The van der Waals surface area contributed by atoms with Crippen LogP contribution in [0.5, 0.6) is 5.75 Å². The lowest BCUT2D eigenvalue weighted by Gasteiger charge is -2.33.